The fourth-order valence-corrected chi connectivity index (χ4v) is 4.68. The van der Waals surface area contributed by atoms with Crippen molar-refractivity contribution in [2.75, 3.05) is 31.2 Å². The van der Waals surface area contributed by atoms with Gasteiger partial charge >= 0.3 is 6.29 Å². The van der Waals surface area contributed by atoms with E-state index in [-0.39, 0.29) is 11.5 Å². The van der Waals surface area contributed by atoms with E-state index in [1.165, 1.54) is 6.07 Å². The smallest absolute Gasteiger partial charge is 0.395 e. The molecule has 33 heavy (non-hydrogen) atoms. The monoisotopic (exact) mass is 472 g/mol. The summed E-state index contributed by atoms with van der Waals surface area (Å²) in [5, 5.41) is 3.84. The number of anilines is 1. The molecule has 0 bridgehead atoms. The van der Waals surface area contributed by atoms with Crippen molar-refractivity contribution in [2.45, 2.75) is 20.1 Å². The minimum absolute atomic E-state index is 0.00983. The quantitative estimate of drug-likeness (QED) is 0.422. The van der Waals surface area contributed by atoms with E-state index < -0.39 is 6.29 Å². The number of hydrogen-bond donors (Lipinski definition) is 1. The number of rotatable bonds is 3. The summed E-state index contributed by atoms with van der Waals surface area (Å²) in [5.41, 5.74) is 3.98. The van der Waals surface area contributed by atoms with Crippen LogP contribution in [0.15, 0.2) is 42.0 Å². The fraction of sp³-hybridized carbons (Fsp3) is 0.304. The van der Waals surface area contributed by atoms with Crippen molar-refractivity contribution in [3.63, 3.8) is 0 Å². The van der Waals surface area contributed by atoms with Crippen LogP contribution in [0, 0.1) is 0 Å². The first kappa shape index (κ1) is 21.6. The molecule has 1 saturated heterocycles. The zero-order chi connectivity index (χ0) is 23.0. The van der Waals surface area contributed by atoms with Gasteiger partial charge in [-0.25, -0.2) is 9.97 Å². The van der Waals surface area contributed by atoms with E-state index in [1.54, 1.807) is 35.9 Å². The molecule has 0 saturated carbocycles. The number of fused-ring (bicyclic) bond motifs is 2. The topological polar surface area (TPSA) is 72.5 Å². The van der Waals surface area contributed by atoms with Gasteiger partial charge in [0.15, 0.2) is 16.6 Å². The average Bonchev–Trinajstić information content (AvgIpc) is 3.55. The molecule has 172 valence electrons. The minimum atomic E-state index is -3.64. The number of H-pyrrole nitrogens is 1. The Morgan fingerprint density at radius 3 is 2.67 bits per heavy atom. The predicted octanol–water partition coefficient (Wildman–Crippen LogP) is 5.54. The van der Waals surface area contributed by atoms with E-state index >= 15 is 0 Å². The maximum atomic E-state index is 13.4. The van der Waals surface area contributed by atoms with Gasteiger partial charge in [-0.2, -0.15) is 0 Å². The van der Waals surface area contributed by atoms with E-state index in [0.29, 0.717) is 18.9 Å². The standard InChI is InChI=1S/C21H16F2N4O3S.C2H6/c22-21(23)29-17-2-1-12(8-18(17)30-21)15-10-25-19-14(15)7-13(9-24-19)16-11-31-20(26-16)27-3-5-28-6-4-27;1-2/h1-2,7-11H,3-6H2,(H,24,25);1-2H3. The second-order valence-electron chi connectivity index (χ2n) is 7.27. The Morgan fingerprint density at radius 1 is 1.06 bits per heavy atom. The number of pyridine rings is 1. The third kappa shape index (κ3) is 4.11. The predicted molar refractivity (Wildman–Crippen MR) is 123 cm³/mol. The molecule has 1 fully saturated rings. The number of benzene rings is 1. The van der Waals surface area contributed by atoms with Gasteiger partial charge in [-0.15, -0.1) is 20.1 Å². The van der Waals surface area contributed by atoms with Gasteiger partial charge in [-0.05, 0) is 23.8 Å². The molecule has 0 atom stereocenters. The normalized spacial score (nSPS) is 16.5. The Balaban J connectivity index is 0.00000111. The number of aromatic amines is 1. The maximum Gasteiger partial charge on any atom is 0.586 e. The number of halogens is 2. The Labute approximate surface area is 192 Å². The number of nitrogens with one attached hydrogen (secondary N) is 1. The molecular formula is C23H22F2N4O3S. The van der Waals surface area contributed by atoms with Crippen molar-refractivity contribution in [1.29, 1.82) is 0 Å². The largest absolute Gasteiger partial charge is 0.586 e. The molecule has 0 aliphatic carbocycles. The lowest BCUT2D eigenvalue weighted by molar-refractivity contribution is -0.286. The number of alkyl halides is 2. The lowest BCUT2D eigenvalue weighted by Crippen LogP contribution is -2.36. The minimum Gasteiger partial charge on any atom is -0.395 e. The molecule has 0 spiro atoms. The molecule has 0 amide bonds. The van der Waals surface area contributed by atoms with Crippen LogP contribution in [0.4, 0.5) is 13.9 Å². The first-order valence-electron chi connectivity index (χ1n) is 10.7. The molecule has 2 aliphatic heterocycles. The highest BCUT2D eigenvalue weighted by Gasteiger charge is 2.43. The second-order valence-corrected chi connectivity index (χ2v) is 8.10. The van der Waals surface area contributed by atoms with E-state index in [9.17, 15) is 8.78 Å². The molecule has 0 unspecified atom stereocenters. The maximum absolute atomic E-state index is 13.4. The molecule has 1 N–H and O–H groups in total. The zero-order valence-corrected chi connectivity index (χ0v) is 18.9. The Morgan fingerprint density at radius 2 is 1.85 bits per heavy atom. The highest BCUT2D eigenvalue weighted by molar-refractivity contribution is 7.14. The van der Waals surface area contributed by atoms with Gasteiger partial charge in [-0.1, -0.05) is 19.9 Å². The van der Waals surface area contributed by atoms with Crippen molar-refractivity contribution < 1.29 is 23.0 Å². The molecule has 3 aromatic heterocycles. The third-order valence-corrected chi connectivity index (χ3v) is 6.21. The zero-order valence-electron chi connectivity index (χ0n) is 18.1. The van der Waals surface area contributed by atoms with Crippen LogP contribution in [0.25, 0.3) is 33.4 Å². The van der Waals surface area contributed by atoms with Crippen LogP contribution in [0.5, 0.6) is 11.5 Å². The SMILES string of the molecule is CC.FC1(F)Oc2ccc(-c3c[nH]c4ncc(-c5csc(N6CCOCC6)n5)cc34)cc2O1. The summed E-state index contributed by atoms with van der Waals surface area (Å²) in [6.45, 7) is 7.07. The fourth-order valence-electron chi connectivity index (χ4n) is 3.80. The molecule has 2 aliphatic rings. The number of hydrogen-bond acceptors (Lipinski definition) is 7. The van der Waals surface area contributed by atoms with E-state index in [4.69, 9.17) is 9.72 Å². The molecule has 6 rings (SSSR count). The summed E-state index contributed by atoms with van der Waals surface area (Å²) in [6, 6.07) is 6.76. The number of nitrogens with zero attached hydrogens (tertiary/aromatic N) is 3. The van der Waals surface area contributed by atoms with Crippen molar-refractivity contribution in [2.24, 2.45) is 0 Å². The van der Waals surface area contributed by atoms with Gasteiger partial charge in [-0.3, -0.25) is 0 Å². The number of morpholine rings is 1. The molecule has 10 heteroatoms. The second kappa shape index (κ2) is 8.60. The summed E-state index contributed by atoms with van der Waals surface area (Å²) in [5.74, 6) is 0.0288. The van der Waals surface area contributed by atoms with Gasteiger partial charge < -0.3 is 24.1 Å². The van der Waals surface area contributed by atoms with Gasteiger partial charge in [0.2, 0.25) is 0 Å². The van der Waals surface area contributed by atoms with Crippen LogP contribution in [0.2, 0.25) is 0 Å². The van der Waals surface area contributed by atoms with Crippen LogP contribution in [0.3, 0.4) is 0 Å². The average molecular weight is 473 g/mol. The molecular weight excluding hydrogens is 450 g/mol. The van der Waals surface area contributed by atoms with Crippen molar-refractivity contribution >= 4 is 27.5 Å². The third-order valence-electron chi connectivity index (χ3n) is 5.31. The first-order chi connectivity index (χ1) is 16.1. The molecule has 7 nitrogen and oxygen atoms in total. The Bertz CT molecular complexity index is 1280. The van der Waals surface area contributed by atoms with Crippen molar-refractivity contribution in [3.8, 4) is 33.9 Å². The lowest BCUT2D eigenvalue weighted by Gasteiger charge is -2.26. The number of aromatic nitrogens is 3. The number of ether oxygens (including phenoxy) is 3. The van der Waals surface area contributed by atoms with Crippen LogP contribution in [0.1, 0.15) is 13.8 Å². The van der Waals surface area contributed by atoms with Crippen LogP contribution < -0.4 is 14.4 Å². The lowest BCUT2D eigenvalue weighted by atomic mass is 10.0. The molecule has 4 aromatic rings. The van der Waals surface area contributed by atoms with Gasteiger partial charge in [0.25, 0.3) is 0 Å². The highest BCUT2D eigenvalue weighted by atomic mass is 32.1. The van der Waals surface area contributed by atoms with Crippen LogP contribution in [-0.4, -0.2) is 47.5 Å². The number of thiazole rings is 1. The van der Waals surface area contributed by atoms with E-state index in [2.05, 4.69) is 24.3 Å². The summed E-state index contributed by atoms with van der Waals surface area (Å²) >= 11 is 1.59. The summed E-state index contributed by atoms with van der Waals surface area (Å²) < 4.78 is 41.2. The highest BCUT2D eigenvalue weighted by Crippen LogP contribution is 2.44. The summed E-state index contributed by atoms with van der Waals surface area (Å²) in [6.07, 6.45) is -0.0585. The molecule has 5 heterocycles. The summed E-state index contributed by atoms with van der Waals surface area (Å²) in [4.78, 5) is 14.7. The van der Waals surface area contributed by atoms with Gasteiger partial charge in [0.1, 0.15) is 5.65 Å². The Hall–Kier alpha value is -3.24. The Kier molecular flexibility index (Phi) is 5.63. The molecule has 1 aromatic carbocycles. The van der Waals surface area contributed by atoms with Gasteiger partial charge in [0.05, 0.1) is 18.9 Å². The van der Waals surface area contributed by atoms with Crippen molar-refractivity contribution in [1.82, 2.24) is 15.0 Å². The van der Waals surface area contributed by atoms with Crippen LogP contribution in [-0.2, 0) is 4.74 Å². The van der Waals surface area contributed by atoms with Crippen molar-refractivity contribution in [3.05, 3.63) is 42.0 Å². The molecule has 0 radical (unpaired) electrons. The summed E-state index contributed by atoms with van der Waals surface area (Å²) in [7, 11) is 0. The van der Waals surface area contributed by atoms with E-state index in [1.807, 2.05) is 25.3 Å². The first-order valence-corrected chi connectivity index (χ1v) is 11.6. The van der Waals surface area contributed by atoms with Gasteiger partial charge in [0, 0.05) is 47.4 Å². The van der Waals surface area contributed by atoms with Crippen LogP contribution >= 0.6 is 11.3 Å². The van der Waals surface area contributed by atoms with E-state index in [0.717, 1.165) is 46.0 Å².